The Morgan fingerprint density at radius 2 is 0.473 bits per heavy atom. The molecule has 0 aliphatic heterocycles. The number of benzene rings is 20. The van der Waals surface area contributed by atoms with E-state index in [1.54, 1.807) is 0 Å². The Morgan fingerprint density at radius 1 is 0.160 bits per heavy atom. The van der Waals surface area contributed by atoms with Crippen LogP contribution in [0.2, 0.25) is 0 Å². The fraction of sp³-hybridized carbons (Fsp3) is 0.0413. The maximum absolute atomic E-state index is 6.38. The third-order valence-corrected chi connectivity index (χ3v) is 27.2. The number of furan rings is 5. The molecule has 0 atom stereocenters. The minimum absolute atomic E-state index is 0.930. The Morgan fingerprint density at radius 3 is 0.985 bits per heavy atom. The van der Waals surface area contributed by atoms with E-state index in [0.717, 1.165) is 66.6 Å². The molecule has 30 rings (SSSR count). The van der Waals surface area contributed by atoms with E-state index >= 15 is 0 Å². The molecule has 10 nitrogen and oxygen atoms in total. The molecule has 10 heteroatoms. The molecule has 0 fully saturated rings. The first-order valence-corrected chi connectivity index (χ1v) is 44.7. The van der Waals surface area contributed by atoms with Crippen molar-refractivity contribution in [2.45, 2.75) is 20.8 Å². The van der Waals surface area contributed by atoms with Crippen molar-refractivity contribution in [2.75, 3.05) is 0 Å². The van der Waals surface area contributed by atoms with Gasteiger partial charge in [-0.15, -0.1) is 0 Å². The van der Waals surface area contributed by atoms with Crippen LogP contribution in [0.3, 0.4) is 0 Å². The Kier molecular flexibility index (Phi) is 17.0. The molecule has 10 heterocycles. The topological polar surface area (TPSA) is 90.4 Å². The molecule has 0 aliphatic rings. The second kappa shape index (κ2) is 29.5. The normalized spacial score (nSPS) is 12.0. The van der Waals surface area contributed by atoms with Gasteiger partial charge in [-0.25, -0.2) is 0 Å². The van der Waals surface area contributed by atoms with E-state index in [1.165, 1.54) is 207 Å². The van der Waals surface area contributed by atoms with Gasteiger partial charge in [0.15, 0.2) is 0 Å². The summed E-state index contributed by atoms with van der Waals surface area (Å²) in [5.74, 6) is 0. The number of hydrogen-bond acceptors (Lipinski definition) is 5. The van der Waals surface area contributed by atoms with Crippen molar-refractivity contribution in [2.24, 2.45) is 14.1 Å². The summed E-state index contributed by atoms with van der Waals surface area (Å²) in [6.07, 6.45) is 0. The number of nitrogens with zero attached hydrogens (tertiary/aromatic N) is 5. The number of aryl methyl sites for hydroxylation is 5. The molecule has 131 heavy (non-hydrogen) atoms. The van der Waals surface area contributed by atoms with E-state index in [1.807, 2.05) is 48.5 Å². The Bertz CT molecular complexity index is 9870. The van der Waals surface area contributed by atoms with Crippen molar-refractivity contribution in [3.8, 4) is 17.1 Å². The monoisotopic (exact) mass is 1680 g/mol. The summed E-state index contributed by atoms with van der Waals surface area (Å²) in [6.45, 7) is 6.36. The molecule has 0 amide bonds. The van der Waals surface area contributed by atoms with Crippen molar-refractivity contribution in [3.05, 3.63) is 417 Å². The first-order chi connectivity index (χ1) is 64.6. The summed E-state index contributed by atoms with van der Waals surface area (Å²) in [5, 5.41) is 29.2. The number of rotatable bonds is 3. The van der Waals surface area contributed by atoms with Crippen molar-refractivity contribution in [1.82, 2.24) is 22.8 Å². The molecule has 0 saturated carbocycles. The molecule has 0 bridgehead atoms. The highest BCUT2D eigenvalue weighted by molar-refractivity contribution is 6.37. The lowest BCUT2D eigenvalue weighted by atomic mass is 9.99. The fourth-order valence-electron chi connectivity index (χ4n) is 21.2. The standard InChI is InChI=1S/3C25H17NO.2C23H15NO/c1-16-10-12-17(13-11-16)26-21-8-4-2-7-20(21)24-22(26)15-14-19-18-6-3-5-9-23(18)27-25(19)24;1-16-10-12-17(13-11-16)26-22-8-4-2-6-18(22)20-15-25-21(14-23(20)26)19-7-3-5-9-24(19)27-25;1-16-10-12-17(13-11-16)26-22-8-4-2-6-18(22)20-14-21-19-7-3-5-9-24(19)27-25(21)15-23(20)26;1-24-18-12-6-4-10-16(18)20-21-17-11-5-7-13-19(17)25-23(21)15-9-3-2-8-14(15)22(20)24;1-24-18-12-6-4-10-16(18)21-22(24)15-9-3-2-8-14(15)20-17-11-5-7-13-19(17)25-23(20)21/h3*2-15H,1H3;2*2-13H,1H3. The lowest BCUT2D eigenvalue weighted by molar-refractivity contribution is 0.669. The average molecular weight is 1690 g/mol. The van der Waals surface area contributed by atoms with Crippen molar-refractivity contribution in [1.29, 1.82) is 0 Å². The summed E-state index contributed by atoms with van der Waals surface area (Å²) < 4.78 is 42.9. The minimum Gasteiger partial charge on any atom is -0.456 e. The molecule has 0 N–H and O–H groups in total. The maximum Gasteiger partial charge on any atom is 0.146 e. The maximum atomic E-state index is 6.38. The molecule has 20 aromatic carbocycles. The molecule has 0 radical (unpaired) electrons. The second-order valence-corrected chi connectivity index (χ2v) is 34.7. The van der Waals surface area contributed by atoms with Gasteiger partial charge in [0.2, 0.25) is 0 Å². The van der Waals surface area contributed by atoms with Gasteiger partial charge in [-0.1, -0.05) is 284 Å². The Hall–Kier alpha value is -17.1. The van der Waals surface area contributed by atoms with Crippen molar-refractivity contribution < 1.29 is 22.1 Å². The van der Waals surface area contributed by atoms with Crippen LogP contribution in [0.15, 0.2) is 422 Å². The SMILES string of the molecule is Cc1ccc(-n2c3ccccc3c3c4oc5ccccc5c4ccc32)cc1.Cc1ccc(-n2c3ccccc3c3cc4c(cc32)oc2ccccc24)cc1.Cc1ccc(-n2c3ccccc3c3cc4oc5ccccc5c4cc32)cc1.Cn1c2ccccc2c2c3c4ccccc4oc3c3ccccc3c21.Cn1c2ccccc2c2c3oc4ccccc4c3c3ccccc3c21. The summed E-state index contributed by atoms with van der Waals surface area (Å²) in [7, 11) is 4.30. The smallest absolute Gasteiger partial charge is 0.146 e. The van der Waals surface area contributed by atoms with Crippen LogP contribution in [0.4, 0.5) is 0 Å². The van der Waals surface area contributed by atoms with Gasteiger partial charge in [0.25, 0.3) is 0 Å². The largest absolute Gasteiger partial charge is 0.456 e. The highest BCUT2D eigenvalue weighted by Gasteiger charge is 2.26. The fourth-order valence-corrected chi connectivity index (χ4v) is 21.2. The van der Waals surface area contributed by atoms with Gasteiger partial charge in [-0.2, -0.15) is 0 Å². The summed E-state index contributed by atoms with van der Waals surface area (Å²) in [6, 6.07) is 141. The number of hydrogen-bond donors (Lipinski definition) is 0. The summed E-state index contributed by atoms with van der Waals surface area (Å²) in [4.78, 5) is 0. The Labute approximate surface area is 749 Å². The van der Waals surface area contributed by atoms with E-state index < -0.39 is 0 Å². The van der Waals surface area contributed by atoms with Crippen LogP contribution in [0.5, 0.6) is 0 Å². The van der Waals surface area contributed by atoms with Gasteiger partial charge in [-0.05, 0) is 154 Å². The second-order valence-electron chi connectivity index (χ2n) is 34.7. The molecule has 620 valence electrons. The molecule has 0 saturated heterocycles. The number of aromatic nitrogens is 5. The Balaban J connectivity index is 0.0000000860. The first-order valence-electron chi connectivity index (χ1n) is 44.7. The van der Waals surface area contributed by atoms with Gasteiger partial charge in [0.1, 0.15) is 55.8 Å². The molecule has 0 aliphatic carbocycles. The predicted molar refractivity (Wildman–Crippen MR) is 549 cm³/mol. The van der Waals surface area contributed by atoms with Crippen molar-refractivity contribution >= 4 is 240 Å². The third kappa shape index (κ3) is 11.6. The first kappa shape index (κ1) is 75.3. The summed E-state index contributed by atoms with van der Waals surface area (Å²) >= 11 is 0. The zero-order valence-electron chi connectivity index (χ0n) is 72.4. The lowest BCUT2D eigenvalue weighted by Crippen LogP contribution is -1.93. The molecular weight excluding hydrogens is 1600 g/mol. The van der Waals surface area contributed by atoms with Gasteiger partial charge < -0.3 is 44.9 Å². The van der Waals surface area contributed by atoms with E-state index in [0.29, 0.717) is 0 Å². The number of fused-ring (bicyclic) bond motifs is 39. The van der Waals surface area contributed by atoms with E-state index in [4.69, 9.17) is 22.1 Å². The zero-order valence-corrected chi connectivity index (χ0v) is 72.4. The van der Waals surface area contributed by atoms with Crippen LogP contribution >= 0.6 is 0 Å². The average Bonchev–Trinajstić information content (AvgIpc) is 1.53. The van der Waals surface area contributed by atoms with Crippen LogP contribution in [-0.4, -0.2) is 22.8 Å². The van der Waals surface area contributed by atoms with Gasteiger partial charge in [0, 0.05) is 161 Å². The quantitative estimate of drug-likeness (QED) is 0.176. The van der Waals surface area contributed by atoms with Crippen LogP contribution in [0, 0.1) is 20.8 Å². The number of para-hydroxylation sites is 10. The zero-order chi connectivity index (χ0) is 87.0. The molecule has 30 aromatic rings. The van der Waals surface area contributed by atoms with Crippen LogP contribution < -0.4 is 0 Å². The highest BCUT2D eigenvalue weighted by Crippen LogP contribution is 2.49. The predicted octanol–water partition coefficient (Wildman–Crippen LogP) is 33.7. The van der Waals surface area contributed by atoms with E-state index in [9.17, 15) is 0 Å². The highest BCUT2D eigenvalue weighted by atomic mass is 16.3. The van der Waals surface area contributed by atoms with Crippen LogP contribution in [-0.2, 0) is 14.1 Å². The van der Waals surface area contributed by atoms with Gasteiger partial charge >= 0.3 is 0 Å². The summed E-state index contributed by atoms with van der Waals surface area (Å²) in [5.41, 5.74) is 29.0. The molecule has 0 spiro atoms. The third-order valence-electron chi connectivity index (χ3n) is 27.2. The molecule has 10 aromatic heterocycles. The molecule has 0 unspecified atom stereocenters. The van der Waals surface area contributed by atoms with Gasteiger partial charge in [-0.3, -0.25) is 0 Å². The molecular formula is C121H81N5O5. The minimum atomic E-state index is 0.930. The van der Waals surface area contributed by atoms with Crippen LogP contribution in [0.1, 0.15) is 16.7 Å². The van der Waals surface area contributed by atoms with Crippen molar-refractivity contribution in [3.63, 3.8) is 0 Å². The van der Waals surface area contributed by atoms with Crippen LogP contribution in [0.25, 0.3) is 257 Å². The lowest BCUT2D eigenvalue weighted by Gasteiger charge is -2.08. The van der Waals surface area contributed by atoms with E-state index in [2.05, 4.69) is 410 Å². The van der Waals surface area contributed by atoms with Gasteiger partial charge in [0.05, 0.1) is 54.9 Å². The van der Waals surface area contributed by atoms with E-state index in [-0.39, 0.29) is 0 Å².